The molecule has 0 fully saturated rings. The summed E-state index contributed by atoms with van der Waals surface area (Å²) in [7, 11) is 3.38. The molecule has 0 aliphatic rings. The van der Waals surface area contributed by atoms with E-state index >= 15 is 0 Å². The monoisotopic (exact) mass is 340 g/mol. The van der Waals surface area contributed by atoms with Crippen LogP contribution in [0.1, 0.15) is 104 Å². The van der Waals surface area contributed by atoms with Crippen molar-refractivity contribution in [1.29, 1.82) is 0 Å². The molecule has 1 radical (unpaired) electrons. The molecule has 0 aromatic carbocycles. The fraction of sp³-hybridized carbons (Fsp3) is 0.905. The van der Waals surface area contributed by atoms with Crippen molar-refractivity contribution in [3.63, 3.8) is 0 Å². The van der Waals surface area contributed by atoms with Gasteiger partial charge in [0, 0.05) is 26.7 Å². The van der Waals surface area contributed by atoms with Crippen LogP contribution in [0.5, 0.6) is 0 Å². The van der Waals surface area contributed by atoms with E-state index in [1.807, 2.05) is 0 Å². The molecule has 0 aliphatic carbocycles. The number of rotatable bonds is 18. The van der Waals surface area contributed by atoms with Crippen LogP contribution in [0.2, 0.25) is 0 Å². The van der Waals surface area contributed by atoms with E-state index in [1.54, 1.807) is 0 Å². The van der Waals surface area contributed by atoms with Crippen molar-refractivity contribution in [2.24, 2.45) is 5.92 Å². The molecule has 0 spiro atoms. The van der Waals surface area contributed by atoms with Crippen LogP contribution in [0.4, 0.5) is 0 Å². The van der Waals surface area contributed by atoms with Crippen LogP contribution in [-0.4, -0.2) is 19.1 Å². The smallest absolute Gasteiger partial charge is 0.220 e. The third kappa shape index (κ3) is 16.3. The molecule has 1 N–H and O–H groups in total. The van der Waals surface area contributed by atoms with Crippen LogP contribution in [-0.2, 0) is 9.53 Å². The lowest BCUT2D eigenvalue weighted by molar-refractivity contribution is -0.120. The lowest BCUT2D eigenvalue weighted by Crippen LogP contribution is -2.14. The molecule has 143 valence electrons. The van der Waals surface area contributed by atoms with E-state index in [4.69, 9.17) is 4.74 Å². The van der Waals surface area contributed by atoms with Crippen LogP contribution in [0, 0.1) is 13.0 Å². The third-order valence-electron chi connectivity index (χ3n) is 4.79. The van der Waals surface area contributed by atoms with E-state index in [2.05, 4.69) is 26.2 Å². The molecule has 1 amide bonds. The van der Waals surface area contributed by atoms with Crippen LogP contribution in [0.3, 0.4) is 0 Å². The van der Waals surface area contributed by atoms with Crippen LogP contribution in [0.25, 0.3) is 0 Å². The molecular weight excluding hydrogens is 298 g/mol. The zero-order valence-corrected chi connectivity index (χ0v) is 16.4. The van der Waals surface area contributed by atoms with Crippen LogP contribution in [0.15, 0.2) is 0 Å². The highest BCUT2D eigenvalue weighted by molar-refractivity contribution is 5.75. The number of amides is 1. The number of hydrogen-bond donors (Lipinski definition) is 1. The number of carbonyl (C=O) groups excluding carboxylic acids is 1. The summed E-state index contributed by atoms with van der Waals surface area (Å²) in [5, 5.41) is 2.42. The van der Waals surface area contributed by atoms with Crippen LogP contribution < -0.4 is 5.32 Å². The largest absolute Gasteiger partial charge is 0.381 e. The third-order valence-corrected chi connectivity index (χ3v) is 4.79. The van der Waals surface area contributed by atoms with E-state index in [0.717, 1.165) is 32.0 Å². The van der Waals surface area contributed by atoms with Gasteiger partial charge in [0.2, 0.25) is 5.91 Å². The first-order valence-electron chi connectivity index (χ1n) is 10.4. The molecule has 24 heavy (non-hydrogen) atoms. The van der Waals surface area contributed by atoms with Gasteiger partial charge >= 0.3 is 0 Å². The number of unbranched alkanes of at least 4 members (excludes halogenated alkanes) is 9. The highest BCUT2D eigenvalue weighted by Crippen LogP contribution is 2.14. The second kappa shape index (κ2) is 18.8. The molecule has 1 atom stereocenters. The minimum Gasteiger partial charge on any atom is -0.381 e. The summed E-state index contributed by atoms with van der Waals surface area (Å²) in [6, 6.07) is 0. The van der Waals surface area contributed by atoms with Gasteiger partial charge in [0.1, 0.15) is 0 Å². The molecule has 0 rings (SSSR count). The van der Waals surface area contributed by atoms with Crippen molar-refractivity contribution in [2.75, 3.05) is 13.2 Å². The molecule has 0 aromatic heterocycles. The number of carbonyl (C=O) groups is 1. The Bertz CT molecular complexity index is 269. The van der Waals surface area contributed by atoms with E-state index in [-0.39, 0.29) is 5.91 Å². The summed E-state index contributed by atoms with van der Waals surface area (Å²) in [5.74, 6) is 0.831. The average molecular weight is 341 g/mol. The molecule has 0 aromatic rings. The zero-order chi connectivity index (χ0) is 17.9. The van der Waals surface area contributed by atoms with E-state index in [1.165, 1.54) is 70.6 Å². The molecule has 0 heterocycles. The minimum absolute atomic E-state index is 0.0628. The topological polar surface area (TPSA) is 38.3 Å². The second-order valence-electron chi connectivity index (χ2n) is 7.02. The molecule has 0 aliphatic heterocycles. The van der Waals surface area contributed by atoms with Crippen molar-refractivity contribution in [3.8, 4) is 0 Å². The van der Waals surface area contributed by atoms with Gasteiger partial charge < -0.3 is 10.1 Å². The SMILES string of the molecule is [CH2]NC(=O)CCCCCCCCCCCOCC(CC)CCCC. The lowest BCUT2D eigenvalue weighted by atomic mass is 10.0. The van der Waals surface area contributed by atoms with Gasteiger partial charge in [-0.15, -0.1) is 0 Å². The Morgan fingerprint density at radius 2 is 1.50 bits per heavy atom. The van der Waals surface area contributed by atoms with Gasteiger partial charge in [0.25, 0.3) is 0 Å². The Kier molecular flexibility index (Phi) is 18.3. The molecule has 3 heteroatoms. The van der Waals surface area contributed by atoms with Crippen molar-refractivity contribution < 1.29 is 9.53 Å². The molecule has 1 unspecified atom stereocenters. The quantitative estimate of drug-likeness (QED) is 0.309. The summed E-state index contributed by atoms with van der Waals surface area (Å²) in [4.78, 5) is 11.0. The summed E-state index contributed by atoms with van der Waals surface area (Å²) < 4.78 is 5.85. The van der Waals surface area contributed by atoms with E-state index in [9.17, 15) is 4.79 Å². The molecular formula is C21H42NO2. The second-order valence-corrected chi connectivity index (χ2v) is 7.02. The van der Waals surface area contributed by atoms with Crippen molar-refractivity contribution in [2.45, 2.75) is 104 Å². The Labute approximate surface area is 151 Å². The summed E-state index contributed by atoms with van der Waals surface area (Å²) >= 11 is 0. The van der Waals surface area contributed by atoms with Crippen molar-refractivity contribution >= 4 is 5.91 Å². The van der Waals surface area contributed by atoms with E-state index in [0.29, 0.717) is 6.42 Å². The average Bonchev–Trinajstić information content (AvgIpc) is 2.61. The maximum absolute atomic E-state index is 11.0. The van der Waals surface area contributed by atoms with Gasteiger partial charge in [0.05, 0.1) is 0 Å². The van der Waals surface area contributed by atoms with Crippen molar-refractivity contribution in [3.05, 3.63) is 7.05 Å². The first-order chi connectivity index (χ1) is 11.7. The Hall–Kier alpha value is -0.570. The number of hydrogen-bond acceptors (Lipinski definition) is 2. The predicted octanol–water partition coefficient (Wildman–Crippen LogP) is 6.03. The first kappa shape index (κ1) is 23.4. The maximum atomic E-state index is 11.0. The maximum Gasteiger partial charge on any atom is 0.220 e. The Morgan fingerprint density at radius 3 is 2.04 bits per heavy atom. The standard InChI is InChI=1S/C21H42NO2/c1-4-6-16-20(5-2)19-24-18-15-13-11-9-7-8-10-12-14-17-21(23)22-3/h20H,3-19H2,1-2H3,(H,22,23). The van der Waals surface area contributed by atoms with Gasteiger partial charge in [-0.3, -0.25) is 4.79 Å². The summed E-state index contributed by atoms with van der Waals surface area (Å²) in [6.45, 7) is 6.44. The fourth-order valence-corrected chi connectivity index (χ4v) is 2.96. The number of nitrogens with one attached hydrogen (secondary N) is 1. The Morgan fingerprint density at radius 1 is 0.917 bits per heavy atom. The molecule has 0 saturated heterocycles. The highest BCUT2D eigenvalue weighted by atomic mass is 16.5. The number of ether oxygens (including phenoxy) is 1. The van der Waals surface area contributed by atoms with Gasteiger partial charge in [-0.25, -0.2) is 0 Å². The summed E-state index contributed by atoms with van der Waals surface area (Å²) in [6.07, 6.45) is 17.1. The normalized spacial score (nSPS) is 12.3. The highest BCUT2D eigenvalue weighted by Gasteiger charge is 2.05. The lowest BCUT2D eigenvalue weighted by Gasteiger charge is -2.14. The molecule has 0 saturated carbocycles. The van der Waals surface area contributed by atoms with Crippen LogP contribution >= 0.6 is 0 Å². The predicted molar refractivity (Wildman–Crippen MR) is 104 cm³/mol. The summed E-state index contributed by atoms with van der Waals surface area (Å²) in [5.41, 5.74) is 0. The van der Waals surface area contributed by atoms with Gasteiger partial charge in [-0.05, 0) is 25.2 Å². The molecule has 0 bridgehead atoms. The van der Waals surface area contributed by atoms with Crippen molar-refractivity contribution in [1.82, 2.24) is 5.32 Å². The van der Waals surface area contributed by atoms with Gasteiger partial charge in [0.15, 0.2) is 0 Å². The molecule has 3 nitrogen and oxygen atoms in total. The first-order valence-corrected chi connectivity index (χ1v) is 10.4. The van der Waals surface area contributed by atoms with E-state index < -0.39 is 0 Å². The zero-order valence-electron chi connectivity index (χ0n) is 16.4. The fourth-order valence-electron chi connectivity index (χ4n) is 2.96. The minimum atomic E-state index is 0.0628. The Balaban J connectivity index is 3.18. The van der Waals surface area contributed by atoms with Gasteiger partial charge in [-0.1, -0.05) is 78.1 Å². The van der Waals surface area contributed by atoms with Gasteiger partial charge in [-0.2, -0.15) is 0 Å².